The van der Waals surface area contributed by atoms with Gasteiger partial charge in [-0.2, -0.15) is 0 Å². The van der Waals surface area contributed by atoms with Gasteiger partial charge in [0.2, 0.25) is 0 Å². The number of rotatable bonds is 5. The molecule has 1 aromatic heterocycles. The number of hydrogen-bond acceptors (Lipinski definition) is 2. The van der Waals surface area contributed by atoms with Gasteiger partial charge in [-0.15, -0.1) is 0 Å². The molecule has 1 aliphatic rings. The van der Waals surface area contributed by atoms with Gasteiger partial charge in [0, 0.05) is 33.1 Å². The Balaban J connectivity index is 1.32. The molecule has 0 fully saturated rings. The Hall–Kier alpha value is -5.86. The zero-order valence-electron chi connectivity index (χ0n) is 29.9. The maximum Gasteiger partial charge on any atom is 0.159 e. The van der Waals surface area contributed by atoms with E-state index in [9.17, 15) is 0 Å². The highest BCUT2D eigenvalue weighted by Gasteiger charge is 2.39. The molecular formula is C49H41NO. The minimum Gasteiger partial charge on any atom is -0.454 e. The number of nitrogens with zero attached hydrogens (tertiary/aromatic N) is 1. The summed E-state index contributed by atoms with van der Waals surface area (Å²) in [5.74, 6) is 0. The van der Waals surface area contributed by atoms with Crippen LogP contribution in [0.5, 0.6) is 0 Å². The number of fused-ring (bicyclic) bond motifs is 6. The second kappa shape index (κ2) is 11.6. The molecule has 9 rings (SSSR count). The molecule has 1 heterocycles. The molecule has 0 N–H and O–H groups in total. The number of para-hydroxylation sites is 2. The first kappa shape index (κ1) is 31.1. The molecule has 51 heavy (non-hydrogen) atoms. The molecule has 7 aromatic carbocycles. The van der Waals surface area contributed by atoms with E-state index in [1.165, 1.54) is 50.1 Å². The van der Waals surface area contributed by atoms with Crippen LogP contribution in [-0.2, 0) is 10.8 Å². The van der Waals surface area contributed by atoms with E-state index in [0.717, 1.165) is 39.0 Å². The van der Waals surface area contributed by atoms with Gasteiger partial charge in [0.05, 0.1) is 5.69 Å². The summed E-state index contributed by atoms with van der Waals surface area (Å²) in [6.07, 6.45) is 0. The molecule has 0 bridgehead atoms. The molecule has 0 aliphatic heterocycles. The van der Waals surface area contributed by atoms with E-state index < -0.39 is 0 Å². The molecular weight excluding hydrogens is 619 g/mol. The van der Waals surface area contributed by atoms with E-state index in [2.05, 4.69) is 197 Å². The van der Waals surface area contributed by atoms with Crippen molar-refractivity contribution >= 4 is 39.0 Å². The van der Waals surface area contributed by atoms with Crippen molar-refractivity contribution in [2.24, 2.45) is 0 Å². The quantitative estimate of drug-likeness (QED) is 0.183. The second-order valence-electron chi connectivity index (χ2n) is 15.4. The highest BCUT2D eigenvalue weighted by molar-refractivity contribution is 6.20. The largest absolute Gasteiger partial charge is 0.454 e. The Morgan fingerprint density at radius 3 is 1.84 bits per heavy atom. The first-order valence-corrected chi connectivity index (χ1v) is 17.9. The lowest BCUT2D eigenvalue weighted by molar-refractivity contribution is 0.590. The predicted octanol–water partition coefficient (Wildman–Crippen LogP) is 14.0. The van der Waals surface area contributed by atoms with Gasteiger partial charge < -0.3 is 9.32 Å². The molecule has 0 radical (unpaired) electrons. The minimum atomic E-state index is -0.168. The summed E-state index contributed by atoms with van der Waals surface area (Å²) in [5, 5.41) is 2.28. The van der Waals surface area contributed by atoms with Crippen molar-refractivity contribution in [2.75, 3.05) is 4.90 Å². The smallest absolute Gasteiger partial charge is 0.159 e. The molecule has 2 heteroatoms. The van der Waals surface area contributed by atoms with Crippen LogP contribution in [0.4, 0.5) is 17.1 Å². The minimum absolute atomic E-state index is 0.0680. The fourth-order valence-corrected chi connectivity index (χ4v) is 8.15. The highest BCUT2D eigenvalue weighted by atomic mass is 16.3. The third-order valence-electron chi connectivity index (χ3n) is 10.8. The number of anilines is 3. The first-order valence-electron chi connectivity index (χ1n) is 17.9. The van der Waals surface area contributed by atoms with Crippen molar-refractivity contribution in [2.45, 2.75) is 45.4 Å². The van der Waals surface area contributed by atoms with Crippen LogP contribution in [0.1, 0.15) is 51.3 Å². The number of furan rings is 1. The highest BCUT2D eigenvalue weighted by Crippen LogP contribution is 2.56. The topological polar surface area (TPSA) is 16.4 Å². The normalized spacial score (nSPS) is 13.4. The van der Waals surface area contributed by atoms with E-state index in [-0.39, 0.29) is 10.8 Å². The summed E-state index contributed by atoms with van der Waals surface area (Å²) >= 11 is 0. The molecule has 0 amide bonds. The Morgan fingerprint density at radius 1 is 0.529 bits per heavy atom. The molecule has 248 valence electrons. The maximum atomic E-state index is 7.12. The standard InChI is InChI=1S/C49H41NO/c1-48(2,3)35-27-23-34(24-28-35)44-45-38-19-12-13-21-40(38)49(4,5)41(45)31-43-46(44)39-20-14-22-42(47(39)51-43)50(36-17-10-7-11-18-36)37-29-25-33(26-30-37)32-15-8-6-9-16-32/h6-31H,1-5H3. The van der Waals surface area contributed by atoms with Crippen molar-refractivity contribution in [1.82, 2.24) is 0 Å². The first-order chi connectivity index (χ1) is 24.7. The zero-order valence-corrected chi connectivity index (χ0v) is 29.9. The Kier molecular flexibility index (Phi) is 7.09. The van der Waals surface area contributed by atoms with Crippen molar-refractivity contribution in [3.05, 3.63) is 174 Å². The number of benzene rings is 7. The van der Waals surface area contributed by atoms with Crippen LogP contribution in [0.3, 0.4) is 0 Å². The predicted molar refractivity (Wildman–Crippen MR) is 216 cm³/mol. The van der Waals surface area contributed by atoms with Gasteiger partial charge in [-0.3, -0.25) is 0 Å². The van der Waals surface area contributed by atoms with Crippen LogP contribution in [0, 0.1) is 0 Å². The van der Waals surface area contributed by atoms with Crippen molar-refractivity contribution < 1.29 is 4.42 Å². The summed E-state index contributed by atoms with van der Waals surface area (Å²) in [4.78, 5) is 2.32. The Bertz CT molecular complexity index is 2550. The molecule has 0 atom stereocenters. The maximum absolute atomic E-state index is 7.12. The Morgan fingerprint density at radius 2 is 1.14 bits per heavy atom. The average Bonchev–Trinajstić information content (AvgIpc) is 3.64. The lowest BCUT2D eigenvalue weighted by atomic mass is 9.81. The second-order valence-corrected chi connectivity index (χ2v) is 15.4. The van der Waals surface area contributed by atoms with E-state index in [1.807, 2.05) is 0 Å². The molecule has 8 aromatic rings. The van der Waals surface area contributed by atoms with E-state index in [4.69, 9.17) is 4.42 Å². The van der Waals surface area contributed by atoms with Gasteiger partial charge in [0.1, 0.15) is 5.58 Å². The van der Waals surface area contributed by atoms with E-state index in [1.54, 1.807) is 0 Å². The fourth-order valence-electron chi connectivity index (χ4n) is 8.15. The van der Waals surface area contributed by atoms with Crippen LogP contribution >= 0.6 is 0 Å². The van der Waals surface area contributed by atoms with E-state index in [0.29, 0.717) is 0 Å². The van der Waals surface area contributed by atoms with Crippen molar-refractivity contribution in [3.8, 4) is 33.4 Å². The summed E-state index contributed by atoms with van der Waals surface area (Å²) in [7, 11) is 0. The summed E-state index contributed by atoms with van der Waals surface area (Å²) in [5.41, 5.74) is 16.3. The molecule has 0 spiro atoms. The van der Waals surface area contributed by atoms with Gasteiger partial charge >= 0.3 is 0 Å². The molecule has 2 nitrogen and oxygen atoms in total. The summed E-state index contributed by atoms with van der Waals surface area (Å²) < 4.78 is 7.12. The van der Waals surface area contributed by atoms with E-state index >= 15 is 0 Å². The van der Waals surface area contributed by atoms with Gasteiger partial charge in [0.25, 0.3) is 0 Å². The van der Waals surface area contributed by atoms with Crippen LogP contribution in [-0.4, -0.2) is 0 Å². The van der Waals surface area contributed by atoms with Gasteiger partial charge in [-0.05, 0) is 86.3 Å². The average molecular weight is 660 g/mol. The van der Waals surface area contributed by atoms with Crippen LogP contribution in [0.15, 0.2) is 162 Å². The monoisotopic (exact) mass is 659 g/mol. The third-order valence-corrected chi connectivity index (χ3v) is 10.8. The molecule has 0 saturated heterocycles. The lowest BCUT2D eigenvalue weighted by Crippen LogP contribution is -2.14. The third kappa shape index (κ3) is 5.01. The van der Waals surface area contributed by atoms with Crippen LogP contribution in [0.2, 0.25) is 0 Å². The van der Waals surface area contributed by atoms with Gasteiger partial charge in [-0.25, -0.2) is 0 Å². The lowest BCUT2D eigenvalue weighted by Gasteiger charge is -2.25. The Labute approximate surface area is 300 Å². The zero-order chi connectivity index (χ0) is 34.9. The molecule has 0 unspecified atom stereocenters. The van der Waals surface area contributed by atoms with Crippen molar-refractivity contribution in [1.29, 1.82) is 0 Å². The number of hydrogen-bond donors (Lipinski definition) is 0. The molecule has 1 aliphatic carbocycles. The fraction of sp³-hybridized carbons (Fsp3) is 0.143. The van der Waals surface area contributed by atoms with Crippen LogP contribution in [0.25, 0.3) is 55.3 Å². The summed E-state index contributed by atoms with van der Waals surface area (Å²) in [6.45, 7) is 11.5. The van der Waals surface area contributed by atoms with Crippen LogP contribution < -0.4 is 4.90 Å². The van der Waals surface area contributed by atoms with Crippen molar-refractivity contribution in [3.63, 3.8) is 0 Å². The van der Waals surface area contributed by atoms with Gasteiger partial charge in [0.15, 0.2) is 5.58 Å². The molecule has 0 saturated carbocycles. The summed E-state index contributed by atoms with van der Waals surface area (Å²) in [6, 6.07) is 57.1. The SMILES string of the molecule is CC(C)(C)c1ccc(-c2c3c(cc4oc5c(N(c6ccccc6)c6ccc(-c7ccccc7)cc6)cccc5c24)C(C)(C)c2ccccc2-3)cc1. The van der Waals surface area contributed by atoms with Gasteiger partial charge in [-0.1, -0.05) is 156 Å².